The van der Waals surface area contributed by atoms with Crippen LogP contribution in [0, 0.1) is 0 Å². The summed E-state index contributed by atoms with van der Waals surface area (Å²) < 4.78 is 1.92. The molecule has 0 bridgehead atoms. The highest BCUT2D eigenvalue weighted by atomic mass is 16.1. The second-order valence-corrected chi connectivity index (χ2v) is 6.07. The third-order valence-corrected chi connectivity index (χ3v) is 4.62. The topological polar surface area (TPSA) is 22.0 Å². The molecule has 2 nitrogen and oxygen atoms in total. The average molecular weight is 301 g/mol. The van der Waals surface area contributed by atoms with Crippen molar-refractivity contribution in [2.24, 2.45) is 0 Å². The molecule has 0 aliphatic heterocycles. The van der Waals surface area contributed by atoms with Gasteiger partial charge in [-0.15, -0.1) is 0 Å². The van der Waals surface area contributed by atoms with Gasteiger partial charge in [-0.1, -0.05) is 48.5 Å². The summed E-state index contributed by atoms with van der Waals surface area (Å²) >= 11 is 0. The van der Waals surface area contributed by atoms with E-state index in [0.717, 1.165) is 23.9 Å². The van der Waals surface area contributed by atoms with Crippen molar-refractivity contribution in [3.8, 4) is 0 Å². The smallest absolute Gasteiger partial charge is 0.255 e. The largest absolute Gasteiger partial charge is 0.280 e. The molecule has 0 radical (unpaired) electrons. The van der Waals surface area contributed by atoms with E-state index in [-0.39, 0.29) is 5.91 Å². The second kappa shape index (κ2) is 5.88. The van der Waals surface area contributed by atoms with Crippen molar-refractivity contribution in [3.63, 3.8) is 0 Å². The van der Waals surface area contributed by atoms with Gasteiger partial charge in [0.2, 0.25) is 0 Å². The summed E-state index contributed by atoms with van der Waals surface area (Å²) in [6.07, 6.45) is 8.05. The van der Waals surface area contributed by atoms with Gasteiger partial charge < -0.3 is 0 Å². The monoisotopic (exact) mass is 301 g/mol. The van der Waals surface area contributed by atoms with Crippen LogP contribution in [-0.2, 0) is 12.8 Å². The summed E-state index contributed by atoms with van der Waals surface area (Å²) in [5.41, 5.74) is 4.67. The van der Waals surface area contributed by atoms with Crippen molar-refractivity contribution in [1.82, 2.24) is 4.57 Å². The van der Waals surface area contributed by atoms with Crippen molar-refractivity contribution < 1.29 is 4.79 Å². The Morgan fingerprint density at radius 3 is 2.52 bits per heavy atom. The number of aromatic nitrogens is 1. The SMILES string of the molecule is O=C(C=Cc1ccccc1)n1c2c(c3ccccc31)CCCC2. The number of nitrogens with zero attached hydrogens (tertiary/aromatic N) is 1. The number of fused-ring (bicyclic) bond motifs is 3. The molecule has 4 rings (SSSR count). The van der Waals surface area contributed by atoms with Crippen LogP contribution in [0.2, 0.25) is 0 Å². The normalized spacial score (nSPS) is 14.3. The molecule has 0 saturated carbocycles. The lowest BCUT2D eigenvalue weighted by Crippen LogP contribution is -2.14. The summed E-state index contributed by atoms with van der Waals surface area (Å²) in [7, 11) is 0. The molecular formula is C21H19NO. The number of rotatable bonds is 2. The third-order valence-electron chi connectivity index (χ3n) is 4.62. The summed E-state index contributed by atoms with van der Waals surface area (Å²) in [6, 6.07) is 18.2. The molecule has 0 spiro atoms. The maximum Gasteiger partial charge on any atom is 0.255 e. The van der Waals surface area contributed by atoms with E-state index in [1.54, 1.807) is 6.08 Å². The maximum absolute atomic E-state index is 12.8. The van der Waals surface area contributed by atoms with Crippen LogP contribution in [0.25, 0.3) is 17.0 Å². The fourth-order valence-corrected chi connectivity index (χ4v) is 3.55. The molecule has 23 heavy (non-hydrogen) atoms. The van der Waals surface area contributed by atoms with Gasteiger partial charge >= 0.3 is 0 Å². The maximum atomic E-state index is 12.8. The number of benzene rings is 2. The lowest BCUT2D eigenvalue weighted by atomic mass is 9.95. The molecule has 0 atom stereocenters. The summed E-state index contributed by atoms with van der Waals surface area (Å²) in [5.74, 6) is 0.0493. The number of hydrogen-bond donors (Lipinski definition) is 0. The molecular weight excluding hydrogens is 282 g/mol. The van der Waals surface area contributed by atoms with Gasteiger partial charge in [0.05, 0.1) is 5.52 Å². The predicted octanol–water partition coefficient (Wildman–Crippen LogP) is 4.87. The zero-order valence-electron chi connectivity index (χ0n) is 13.0. The van der Waals surface area contributed by atoms with Gasteiger partial charge in [0.15, 0.2) is 0 Å². The van der Waals surface area contributed by atoms with Crippen molar-refractivity contribution >= 4 is 22.9 Å². The van der Waals surface area contributed by atoms with Crippen LogP contribution in [0.15, 0.2) is 60.7 Å². The minimum Gasteiger partial charge on any atom is -0.280 e. The Bertz CT molecular complexity index is 887. The lowest BCUT2D eigenvalue weighted by Gasteiger charge is -2.14. The highest BCUT2D eigenvalue weighted by Crippen LogP contribution is 2.32. The Morgan fingerprint density at radius 1 is 0.913 bits per heavy atom. The molecule has 1 aliphatic rings. The van der Waals surface area contributed by atoms with Gasteiger partial charge in [-0.2, -0.15) is 0 Å². The average Bonchev–Trinajstić information content (AvgIpc) is 2.95. The first-order valence-corrected chi connectivity index (χ1v) is 8.23. The number of carbonyl (C=O) groups is 1. The number of para-hydroxylation sites is 1. The first-order chi connectivity index (χ1) is 11.3. The van der Waals surface area contributed by atoms with Gasteiger partial charge in [0.1, 0.15) is 0 Å². The quantitative estimate of drug-likeness (QED) is 0.619. The molecule has 0 N–H and O–H groups in total. The summed E-state index contributed by atoms with van der Waals surface area (Å²) in [4.78, 5) is 12.8. The molecule has 3 aromatic rings. The van der Waals surface area contributed by atoms with Crippen LogP contribution in [0.3, 0.4) is 0 Å². The zero-order chi connectivity index (χ0) is 15.6. The molecule has 0 saturated heterocycles. The van der Waals surface area contributed by atoms with Crippen molar-refractivity contribution in [1.29, 1.82) is 0 Å². The fourth-order valence-electron chi connectivity index (χ4n) is 3.55. The number of hydrogen-bond acceptors (Lipinski definition) is 1. The number of aryl methyl sites for hydroxylation is 1. The summed E-state index contributed by atoms with van der Waals surface area (Å²) in [5, 5.41) is 1.24. The molecule has 0 fully saturated rings. The number of carbonyl (C=O) groups excluding carboxylic acids is 1. The molecule has 1 heterocycles. The minimum atomic E-state index is 0.0493. The van der Waals surface area contributed by atoms with Crippen molar-refractivity contribution in [2.75, 3.05) is 0 Å². The molecule has 114 valence electrons. The van der Waals surface area contributed by atoms with Crippen LogP contribution in [0.5, 0.6) is 0 Å². The van der Waals surface area contributed by atoms with Gasteiger partial charge in [0, 0.05) is 17.2 Å². The van der Waals surface area contributed by atoms with Gasteiger partial charge in [-0.05, 0) is 49.0 Å². The minimum absolute atomic E-state index is 0.0493. The van der Waals surface area contributed by atoms with E-state index in [0.29, 0.717) is 0 Å². The van der Waals surface area contributed by atoms with E-state index < -0.39 is 0 Å². The molecule has 2 heteroatoms. The van der Waals surface area contributed by atoms with Crippen molar-refractivity contribution in [3.05, 3.63) is 77.5 Å². The second-order valence-electron chi connectivity index (χ2n) is 6.07. The third kappa shape index (κ3) is 2.50. The van der Waals surface area contributed by atoms with E-state index in [2.05, 4.69) is 18.2 Å². The first kappa shape index (κ1) is 14.0. The zero-order valence-corrected chi connectivity index (χ0v) is 13.0. The Morgan fingerprint density at radius 2 is 1.65 bits per heavy atom. The van der Waals surface area contributed by atoms with Crippen LogP contribution in [-0.4, -0.2) is 10.5 Å². The van der Waals surface area contributed by atoms with E-state index in [9.17, 15) is 4.79 Å². The van der Waals surface area contributed by atoms with E-state index >= 15 is 0 Å². The molecule has 1 aliphatic carbocycles. The Labute approximate surface area is 136 Å². The predicted molar refractivity (Wildman–Crippen MR) is 94.7 cm³/mol. The Hall–Kier alpha value is -2.61. The van der Waals surface area contributed by atoms with Crippen LogP contribution < -0.4 is 0 Å². The van der Waals surface area contributed by atoms with Gasteiger partial charge in [-0.25, -0.2) is 0 Å². The Kier molecular flexibility index (Phi) is 3.58. The fraction of sp³-hybridized carbons (Fsp3) is 0.190. The molecule has 2 aromatic carbocycles. The van der Waals surface area contributed by atoms with Crippen LogP contribution in [0.1, 0.15) is 34.5 Å². The first-order valence-electron chi connectivity index (χ1n) is 8.23. The van der Waals surface area contributed by atoms with Gasteiger partial charge in [-0.3, -0.25) is 9.36 Å². The molecule has 0 unspecified atom stereocenters. The van der Waals surface area contributed by atoms with E-state index in [1.165, 1.54) is 29.5 Å². The summed E-state index contributed by atoms with van der Waals surface area (Å²) in [6.45, 7) is 0. The standard InChI is InChI=1S/C21H19NO/c23-21(15-14-16-8-2-1-3-9-16)22-19-12-6-4-10-17(19)18-11-5-7-13-20(18)22/h1-4,6,8-10,12,14-15H,5,7,11,13H2. The van der Waals surface area contributed by atoms with Crippen LogP contribution in [0.4, 0.5) is 0 Å². The van der Waals surface area contributed by atoms with E-state index in [1.807, 2.05) is 47.0 Å². The Balaban J connectivity index is 1.79. The highest BCUT2D eigenvalue weighted by Gasteiger charge is 2.21. The van der Waals surface area contributed by atoms with Crippen LogP contribution >= 0.6 is 0 Å². The molecule has 0 amide bonds. The number of allylic oxidation sites excluding steroid dienone is 1. The lowest BCUT2D eigenvalue weighted by molar-refractivity contribution is 0.0971. The van der Waals surface area contributed by atoms with E-state index in [4.69, 9.17) is 0 Å². The highest BCUT2D eigenvalue weighted by molar-refractivity contribution is 6.02. The van der Waals surface area contributed by atoms with Crippen molar-refractivity contribution in [2.45, 2.75) is 25.7 Å². The van der Waals surface area contributed by atoms with Gasteiger partial charge in [0.25, 0.3) is 5.91 Å². The molecule has 1 aromatic heterocycles.